The molecule has 5 heteroatoms. The standard InChI is InChI=1S/C37H35NO4/c1-23(2)36(39)41-19-17-30-27-9-5-6-10-28(27)32-21-25(13-15-29(30)32)26-14-16-35-33(22-26)31-11-7-8-12-34(31)38(35)18-20-42-37(40)24(3)4/h5-16,21-23,30H,3,17-20H2,1-2,4H3. The van der Waals surface area contributed by atoms with Crippen LogP contribution in [-0.4, -0.2) is 29.7 Å². The fourth-order valence-electron chi connectivity index (χ4n) is 6.07. The number of ether oxygens (including phenoxy) is 2. The predicted octanol–water partition coefficient (Wildman–Crippen LogP) is 8.28. The molecule has 0 radical (unpaired) electrons. The van der Waals surface area contributed by atoms with Crippen LogP contribution in [0.4, 0.5) is 0 Å². The number of para-hydroxylation sites is 1. The third-order valence-electron chi connectivity index (χ3n) is 8.18. The van der Waals surface area contributed by atoms with Gasteiger partial charge in [-0.2, -0.15) is 0 Å². The minimum atomic E-state index is -0.366. The Bertz CT molecular complexity index is 1840. The molecule has 0 N–H and O–H groups in total. The molecule has 6 rings (SSSR count). The van der Waals surface area contributed by atoms with E-state index in [9.17, 15) is 9.59 Å². The summed E-state index contributed by atoms with van der Waals surface area (Å²) in [5.41, 5.74) is 9.98. The van der Waals surface area contributed by atoms with Crippen LogP contribution in [0.1, 0.15) is 44.2 Å². The van der Waals surface area contributed by atoms with Crippen LogP contribution >= 0.6 is 0 Å². The van der Waals surface area contributed by atoms with Gasteiger partial charge in [0.15, 0.2) is 0 Å². The quantitative estimate of drug-likeness (QED) is 0.135. The highest BCUT2D eigenvalue weighted by atomic mass is 16.5. The highest BCUT2D eigenvalue weighted by Gasteiger charge is 2.29. The molecule has 0 amide bonds. The maximum atomic E-state index is 12.0. The van der Waals surface area contributed by atoms with E-state index in [-0.39, 0.29) is 30.4 Å². The molecule has 0 fully saturated rings. The molecule has 1 atom stereocenters. The summed E-state index contributed by atoms with van der Waals surface area (Å²) >= 11 is 0. The van der Waals surface area contributed by atoms with Crippen molar-refractivity contribution in [2.75, 3.05) is 13.2 Å². The van der Waals surface area contributed by atoms with E-state index < -0.39 is 0 Å². The first-order chi connectivity index (χ1) is 20.3. The van der Waals surface area contributed by atoms with Crippen LogP contribution in [-0.2, 0) is 25.6 Å². The van der Waals surface area contributed by atoms with Crippen LogP contribution in [0.25, 0.3) is 44.1 Å². The van der Waals surface area contributed by atoms with Crippen molar-refractivity contribution < 1.29 is 19.1 Å². The van der Waals surface area contributed by atoms with Crippen molar-refractivity contribution >= 4 is 33.7 Å². The molecule has 0 saturated heterocycles. The van der Waals surface area contributed by atoms with Gasteiger partial charge < -0.3 is 14.0 Å². The fraction of sp³-hybridized carbons (Fsp3) is 0.243. The van der Waals surface area contributed by atoms with Gasteiger partial charge in [-0.3, -0.25) is 4.79 Å². The Morgan fingerprint density at radius 3 is 2.29 bits per heavy atom. The number of benzene rings is 4. The maximum Gasteiger partial charge on any atom is 0.333 e. The van der Waals surface area contributed by atoms with Crippen LogP contribution in [0, 0.1) is 5.92 Å². The van der Waals surface area contributed by atoms with Gasteiger partial charge in [0.1, 0.15) is 6.61 Å². The van der Waals surface area contributed by atoms with Gasteiger partial charge >= 0.3 is 11.9 Å². The minimum Gasteiger partial charge on any atom is -0.465 e. The van der Waals surface area contributed by atoms with Crippen molar-refractivity contribution in [2.24, 2.45) is 5.92 Å². The smallest absolute Gasteiger partial charge is 0.333 e. The molecule has 1 heterocycles. The van der Waals surface area contributed by atoms with Gasteiger partial charge in [-0.1, -0.05) is 81.1 Å². The Labute approximate surface area is 246 Å². The highest BCUT2D eigenvalue weighted by molar-refractivity contribution is 6.09. The van der Waals surface area contributed by atoms with Gasteiger partial charge in [0.25, 0.3) is 0 Å². The molecule has 0 aliphatic heterocycles. The first-order valence-electron chi connectivity index (χ1n) is 14.6. The number of carbonyl (C=O) groups excluding carboxylic acids is 2. The number of carbonyl (C=O) groups is 2. The molecule has 42 heavy (non-hydrogen) atoms. The second-order valence-corrected chi connectivity index (χ2v) is 11.4. The Balaban J connectivity index is 1.33. The lowest BCUT2D eigenvalue weighted by molar-refractivity contribution is -0.147. The van der Waals surface area contributed by atoms with Crippen molar-refractivity contribution in [3.63, 3.8) is 0 Å². The summed E-state index contributed by atoms with van der Waals surface area (Å²) in [6.07, 6.45) is 0.759. The highest BCUT2D eigenvalue weighted by Crippen LogP contribution is 2.47. The summed E-state index contributed by atoms with van der Waals surface area (Å²) in [6.45, 7) is 10.3. The van der Waals surface area contributed by atoms with E-state index in [2.05, 4.69) is 90.0 Å². The van der Waals surface area contributed by atoms with E-state index in [0.717, 1.165) is 28.6 Å². The number of rotatable bonds is 9. The van der Waals surface area contributed by atoms with Crippen LogP contribution in [0.2, 0.25) is 0 Å². The lowest BCUT2D eigenvalue weighted by Gasteiger charge is -2.15. The number of nitrogens with zero attached hydrogens (tertiary/aromatic N) is 1. The predicted molar refractivity (Wildman–Crippen MR) is 168 cm³/mol. The van der Waals surface area contributed by atoms with Crippen LogP contribution in [0.3, 0.4) is 0 Å². The summed E-state index contributed by atoms with van der Waals surface area (Å²) in [7, 11) is 0. The van der Waals surface area contributed by atoms with E-state index in [0.29, 0.717) is 18.7 Å². The summed E-state index contributed by atoms with van der Waals surface area (Å²) in [4.78, 5) is 24.0. The van der Waals surface area contributed by atoms with E-state index >= 15 is 0 Å². The lowest BCUT2D eigenvalue weighted by Crippen LogP contribution is -2.14. The summed E-state index contributed by atoms with van der Waals surface area (Å²) < 4.78 is 13.2. The molecule has 1 unspecified atom stereocenters. The van der Waals surface area contributed by atoms with Gasteiger partial charge in [0, 0.05) is 33.3 Å². The van der Waals surface area contributed by atoms with Crippen molar-refractivity contribution in [2.45, 2.75) is 39.7 Å². The molecule has 4 aromatic carbocycles. The van der Waals surface area contributed by atoms with Crippen LogP contribution in [0.15, 0.2) is 97.1 Å². The minimum absolute atomic E-state index is 0.124. The Morgan fingerprint density at radius 1 is 0.786 bits per heavy atom. The molecule has 0 saturated carbocycles. The van der Waals surface area contributed by atoms with Crippen LogP contribution < -0.4 is 0 Å². The zero-order chi connectivity index (χ0) is 29.4. The number of hydrogen-bond donors (Lipinski definition) is 0. The molecule has 1 aliphatic carbocycles. The molecule has 1 aromatic heterocycles. The topological polar surface area (TPSA) is 57.5 Å². The SMILES string of the molecule is C=C(C)C(=O)OCCn1c2ccccc2c2cc(-c3ccc4c(c3)-c3ccccc3C4CCOC(=O)C(C)C)ccc21. The van der Waals surface area contributed by atoms with Gasteiger partial charge in [-0.15, -0.1) is 0 Å². The molecule has 5 nitrogen and oxygen atoms in total. The molecule has 0 spiro atoms. The third-order valence-corrected chi connectivity index (χ3v) is 8.18. The van der Waals surface area contributed by atoms with E-state index in [1.807, 2.05) is 19.9 Å². The molecule has 212 valence electrons. The van der Waals surface area contributed by atoms with Crippen molar-refractivity contribution in [3.8, 4) is 22.3 Å². The summed E-state index contributed by atoms with van der Waals surface area (Å²) in [5.74, 6) is -0.442. The fourth-order valence-corrected chi connectivity index (χ4v) is 6.07. The first kappa shape index (κ1) is 27.5. The average molecular weight is 558 g/mol. The Morgan fingerprint density at radius 2 is 1.48 bits per heavy atom. The monoisotopic (exact) mass is 557 g/mol. The number of esters is 2. The Hall–Kier alpha value is -4.64. The van der Waals surface area contributed by atoms with Gasteiger partial charge in [0.05, 0.1) is 19.1 Å². The van der Waals surface area contributed by atoms with Gasteiger partial charge in [-0.25, -0.2) is 4.79 Å². The molecule has 5 aromatic rings. The van der Waals surface area contributed by atoms with Crippen LogP contribution in [0.5, 0.6) is 0 Å². The number of hydrogen-bond acceptors (Lipinski definition) is 4. The van der Waals surface area contributed by atoms with Gasteiger partial charge in [-0.05, 0) is 71.0 Å². The van der Waals surface area contributed by atoms with Gasteiger partial charge in [0.2, 0.25) is 0 Å². The largest absolute Gasteiger partial charge is 0.465 e. The second kappa shape index (κ2) is 11.3. The summed E-state index contributed by atoms with van der Waals surface area (Å²) in [5, 5.41) is 2.34. The normalized spacial score (nSPS) is 13.8. The second-order valence-electron chi connectivity index (χ2n) is 11.4. The van der Waals surface area contributed by atoms with Crippen molar-refractivity contribution in [1.29, 1.82) is 0 Å². The zero-order valence-corrected chi connectivity index (χ0v) is 24.4. The van der Waals surface area contributed by atoms with Crippen molar-refractivity contribution in [1.82, 2.24) is 4.57 Å². The van der Waals surface area contributed by atoms with E-state index in [1.165, 1.54) is 33.0 Å². The number of aromatic nitrogens is 1. The van der Waals surface area contributed by atoms with Crippen molar-refractivity contribution in [3.05, 3.63) is 108 Å². The molecular weight excluding hydrogens is 522 g/mol. The average Bonchev–Trinajstić information content (AvgIpc) is 3.49. The third kappa shape index (κ3) is 5.00. The molecule has 1 aliphatic rings. The Kier molecular flexibility index (Phi) is 7.42. The lowest BCUT2D eigenvalue weighted by atomic mass is 9.92. The first-order valence-corrected chi connectivity index (χ1v) is 14.6. The van der Waals surface area contributed by atoms with E-state index in [1.54, 1.807) is 6.92 Å². The number of fused-ring (bicyclic) bond motifs is 6. The zero-order valence-electron chi connectivity index (χ0n) is 24.4. The molecule has 0 bridgehead atoms. The molecular formula is C37H35NO4. The summed E-state index contributed by atoms with van der Waals surface area (Å²) in [6, 6.07) is 30.3. The van der Waals surface area contributed by atoms with E-state index in [4.69, 9.17) is 9.47 Å². The maximum absolute atomic E-state index is 12.0.